The van der Waals surface area contributed by atoms with Gasteiger partial charge in [-0.25, -0.2) is 17.9 Å². The highest BCUT2D eigenvalue weighted by Gasteiger charge is 2.29. The molecule has 1 N–H and O–H groups in total. The normalized spacial score (nSPS) is 20.6. The summed E-state index contributed by atoms with van der Waals surface area (Å²) in [6, 6.07) is 3.20. The Balaban J connectivity index is 1.93. The molecular formula is C9H12N2O4S2. The van der Waals surface area contributed by atoms with Crippen LogP contribution in [0.3, 0.4) is 0 Å². The van der Waals surface area contributed by atoms with E-state index in [1.807, 2.05) is 0 Å². The number of ether oxygens (including phenoxy) is 1. The van der Waals surface area contributed by atoms with Crippen LogP contribution in [0.4, 0.5) is 4.79 Å². The van der Waals surface area contributed by atoms with Crippen LogP contribution >= 0.6 is 11.3 Å². The van der Waals surface area contributed by atoms with Crippen LogP contribution in [0.5, 0.6) is 0 Å². The smallest absolute Gasteiger partial charge is 0.410 e. The van der Waals surface area contributed by atoms with Gasteiger partial charge in [0.2, 0.25) is 10.0 Å². The monoisotopic (exact) mass is 276 g/mol. The fourth-order valence-corrected chi connectivity index (χ4v) is 3.55. The van der Waals surface area contributed by atoms with Crippen molar-refractivity contribution in [2.45, 2.75) is 10.3 Å². The van der Waals surface area contributed by atoms with E-state index >= 15 is 0 Å². The molecule has 2 rings (SSSR count). The van der Waals surface area contributed by atoms with Gasteiger partial charge in [0.1, 0.15) is 10.3 Å². The Bertz CT molecular complexity index is 497. The average Bonchev–Trinajstić information content (AvgIpc) is 2.87. The highest BCUT2D eigenvalue weighted by molar-refractivity contribution is 7.91. The molecule has 6 nitrogen and oxygen atoms in total. The van der Waals surface area contributed by atoms with Gasteiger partial charge in [-0.15, -0.1) is 11.3 Å². The van der Waals surface area contributed by atoms with E-state index in [0.29, 0.717) is 6.54 Å². The van der Waals surface area contributed by atoms with Gasteiger partial charge < -0.3 is 9.64 Å². The van der Waals surface area contributed by atoms with Crippen LogP contribution in [-0.4, -0.2) is 45.7 Å². The molecular weight excluding hydrogens is 264 g/mol. The molecule has 1 amide bonds. The molecule has 1 fully saturated rings. The van der Waals surface area contributed by atoms with Crippen molar-refractivity contribution in [3.8, 4) is 0 Å². The molecule has 1 aliphatic rings. The zero-order valence-corrected chi connectivity index (χ0v) is 10.8. The average molecular weight is 276 g/mol. The predicted molar refractivity (Wildman–Crippen MR) is 62.4 cm³/mol. The molecule has 1 aromatic heterocycles. The molecule has 17 heavy (non-hydrogen) atoms. The minimum atomic E-state index is -3.48. The third-order valence-electron chi connectivity index (χ3n) is 2.32. The minimum Gasteiger partial charge on any atom is -0.443 e. The van der Waals surface area contributed by atoms with Crippen LogP contribution in [0.25, 0.3) is 0 Å². The number of rotatable bonds is 4. The standard InChI is InChI=1S/C9H12N2O4S2/c1-11-6-7(15-9(11)12)5-10-17(13,14)8-3-2-4-16-8/h2-4,7,10H,5-6H2,1H3. The summed E-state index contributed by atoms with van der Waals surface area (Å²) in [5, 5.41) is 1.69. The van der Waals surface area contributed by atoms with Crippen LogP contribution in [0.15, 0.2) is 21.7 Å². The van der Waals surface area contributed by atoms with Crippen molar-refractivity contribution in [1.82, 2.24) is 9.62 Å². The molecule has 0 saturated carbocycles. The third-order valence-corrected chi connectivity index (χ3v) is 5.14. The first-order valence-electron chi connectivity index (χ1n) is 4.94. The Kier molecular flexibility index (Phi) is 3.36. The zero-order chi connectivity index (χ0) is 12.5. The van der Waals surface area contributed by atoms with Crippen LogP contribution in [0, 0.1) is 0 Å². The number of carbonyl (C=O) groups is 1. The lowest BCUT2D eigenvalue weighted by atomic mass is 10.4. The number of nitrogens with one attached hydrogen (secondary N) is 1. The van der Waals surface area contributed by atoms with E-state index in [9.17, 15) is 13.2 Å². The number of nitrogens with zero attached hydrogens (tertiary/aromatic N) is 1. The summed E-state index contributed by atoms with van der Waals surface area (Å²) in [6.45, 7) is 0.488. The maximum Gasteiger partial charge on any atom is 0.410 e. The van der Waals surface area contributed by atoms with Crippen LogP contribution in [0.1, 0.15) is 0 Å². The van der Waals surface area contributed by atoms with Crippen molar-refractivity contribution in [1.29, 1.82) is 0 Å². The first-order valence-corrected chi connectivity index (χ1v) is 7.30. The van der Waals surface area contributed by atoms with Gasteiger partial charge in [0, 0.05) is 13.6 Å². The predicted octanol–water partition coefficient (Wildman–Crippen LogP) is 0.477. The zero-order valence-electron chi connectivity index (χ0n) is 9.12. The highest BCUT2D eigenvalue weighted by Crippen LogP contribution is 2.16. The van der Waals surface area contributed by atoms with Crippen LogP contribution < -0.4 is 4.72 Å². The number of sulfonamides is 1. The Morgan fingerprint density at radius 1 is 1.65 bits per heavy atom. The molecule has 1 atom stereocenters. The number of amides is 1. The molecule has 1 unspecified atom stereocenters. The highest BCUT2D eigenvalue weighted by atomic mass is 32.2. The van der Waals surface area contributed by atoms with Crippen molar-refractivity contribution in [2.75, 3.05) is 20.1 Å². The van der Waals surface area contributed by atoms with Crippen molar-refractivity contribution >= 4 is 27.5 Å². The number of hydrogen-bond acceptors (Lipinski definition) is 5. The topological polar surface area (TPSA) is 75.7 Å². The van der Waals surface area contributed by atoms with Gasteiger partial charge in [-0.3, -0.25) is 0 Å². The summed E-state index contributed by atoms with van der Waals surface area (Å²) in [6.07, 6.45) is -0.854. The van der Waals surface area contributed by atoms with E-state index in [2.05, 4.69) is 4.72 Å². The lowest BCUT2D eigenvalue weighted by Gasteiger charge is -2.09. The van der Waals surface area contributed by atoms with Gasteiger partial charge in [0.25, 0.3) is 0 Å². The summed E-state index contributed by atoms with van der Waals surface area (Å²) in [5.41, 5.74) is 0. The molecule has 0 aliphatic carbocycles. The largest absolute Gasteiger partial charge is 0.443 e. The maximum absolute atomic E-state index is 11.8. The Morgan fingerprint density at radius 2 is 2.41 bits per heavy atom. The van der Waals surface area contributed by atoms with E-state index in [1.165, 1.54) is 11.0 Å². The Morgan fingerprint density at radius 3 is 2.94 bits per heavy atom. The molecule has 0 aromatic carbocycles. The van der Waals surface area contributed by atoms with Gasteiger partial charge in [-0.05, 0) is 11.4 Å². The summed E-state index contributed by atoms with van der Waals surface area (Å²) in [7, 11) is -1.87. The van der Waals surface area contributed by atoms with Crippen molar-refractivity contribution in [3.63, 3.8) is 0 Å². The second-order valence-corrected chi connectivity index (χ2v) is 6.61. The second kappa shape index (κ2) is 4.63. The maximum atomic E-state index is 11.8. The van der Waals surface area contributed by atoms with Gasteiger partial charge in [0.05, 0.1) is 6.54 Å². The SMILES string of the molecule is CN1CC(CNS(=O)(=O)c2cccs2)OC1=O. The molecule has 0 spiro atoms. The van der Waals surface area contributed by atoms with E-state index in [1.54, 1.807) is 18.5 Å². The molecule has 2 heterocycles. The summed E-state index contributed by atoms with van der Waals surface area (Å²) in [5.74, 6) is 0. The number of thiophene rings is 1. The molecule has 0 bridgehead atoms. The van der Waals surface area contributed by atoms with Gasteiger partial charge >= 0.3 is 6.09 Å². The fraction of sp³-hybridized carbons (Fsp3) is 0.444. The van der Waals surface area contributed by atoms with Gasteiger partial charge in [-0.1, -0.05) is 6.07 Å². The van der Waals surface area contributed by atoms with E-state index < -0.39 is 22.2 Å². The van der Waals surface area contributed by atoms with E-state index in [0.717, 1.165) is 11.3 Å². The van der Waals surface area contributed by atoms with Crippen molar-refractivity contribution in [2.24, 2.45) is 0 Å². The Labute approximate surface area is 103 Å². The van der Waals surface area contributed by atoms with Crippen molar-refractivity contribution < 1.29 is 17.9 Å². The second-order valence-electron chi connectivity index (χ2n) is 3.67. The van der Waals surface area contributed by atoms with E-state index in [-0.39, 0.29) is 10.8 Å². The third kappa shape index (κ3) is 2.76. The first-order chi connectivity index (χ1) is 7.99. The molecule has 0 radical (unpaired) electrons. The lowest BCUT2D eigenvalue weighted by Crippen LogP contribution is -2.33. The van der Waals surface area contributed by atoms with Gasteiger partial charge in [0.15, 0.2) is 0 Å². The summed E-state index contributed by atoms with van der Waals surface area (Å²) < 4.78 is 31.1. The molecule has 8 heteroatoms. The first kappa shape index (κ1) is 12.3. The molecule has 94 valence electrons. The number of cyclic esters (lactones) is 1. The Hall–Kier alpha value is -1.12. The van der Waals surface area contributed by atoms with Gasteiger partial charge in [-0.2, -0.15) is 0 Å². The molecule has 1 saturated heterocycles. The molecule has 1 aromatic rings. The van der Waals surface area contributed by atoms with Crippen LogP contribution in [0.2, 0.25) is 0 Å². The molecule has 1 aliphatic heterocycles. The van der Waals surface area contributed by atoms with Crippen LogP contribution in [-0.2, 0) is 14.8 Å². The number of hydrogen-bond donors (Lipinski definition) is 1. The fourth-order valence-electron chi connectivity index (χ4n) is 1.45. The number of carbonyl (C=O) groups excluding carboxylic acids is 1. The summed E-state index contributed by atoms with van der Waals surface area (Å²) in [4.78, 5) is 12.5. The summed E-state index contributed by atoms with van der Waals surface area (Å²) >= 11 is 1.14. The van der Waals surface area contributed by atoms with Crippen molar-refractivity contribution in [3.05, 3.63) is 17.5 Å². The minimum absolute atomic E-state index is 0.0936. The van der Waals surface area contributed by atoms with E-state index in [4.69, 9.17) is 4.74 Å². The quantitative estimate of drug-likeness (QED) is 0.867. The number of likely N-dealkylation sites (N-methyl/N-ethyl adjacent to an activating group) is 1. The lowest BCUT2D eigenvalue weighted by molar-refractivity contribution is 0.135.